The normalized spacial score (nSPS) is 14.4. The zero-order valence-electron chi connectivity index (χ0n) is 15.1. The zero-order valence-corrected chi connectivity index (χ0v) is 15.1. The second kappa shape index (κ2) is 7.47. The topological polar surface area (TPSA) is 44.8 Å². The molecule has 1 aliphatic rings. The molecule has 2 aromatic rings. The molecule has 25 heavy (non-hydrogen) atoms. The standard InChI is InChI=1S/C20H25N3O2/c1-15-8-9-18(16(2)14-15)22-10-12-23(13-11-22)20(24)21-17-6-4-5-7-19(17)25-3/h4-9,14H,10-13H2,1-3H3,(H,21,24). The van der Waals surface area contributed by atoms with Crippen molar-refractivity contribution in [3.63, 3.8) is 0 Å². The van der Waals surface area contributed by atoms with E-state index in [0.717, 1.165) is 13.1 Å². The summed E-state index contributed by atoms with van der Waals surface area (Å²) in [6.45, 7) is 7.33. The van der Waals surface area contributed by atoms with Crippen LogP contribution < -0.4 is 15.0 Å². The Kier molecular flexibility index (Phi) is 5.12. The Bertz CT molecular complexity index is 752. The van der Waals surface area contributed by atoms with Crippen LogP contribution in [0.5, 0.6) is 5.75 Å². The van der Waals surface area contributed by atoms with Crippen molar-refractivity contribution in [3.05, 3.63) is 53.6 Å². The Morgan fingerprint density at radius 2 is 1.76 bits per heavy atom. The minimum atomic E-state index is -0.0789. The summed E-state index contributed by atoms with van der Waals surface area (Å²) in [5.74, 6) is 0.671. The van der Waals surface area contributed by atoms with Crippen molar-refractivity contribution >= 4 is 17.4 Å². The largest absolute Gasteiger partial charge is 0.495 e. The summed E-state index contributed by atoms with van der Waals surface area (Å²) in [4.78, 5) is 16.7. The van der Waals surface area contributed by atoms with E-state index in [4.69, 9.17) is 4.74 Å². The molecule has 1 N–H and O–H groups in total. The van der Waals surface area contributed by atoms with Gasteiger partial charge in [0.15, 0.2) is 0 Å². The fourth-order valence-electron chi connectivity index (χ4n) is 3.25. The van der Waals surface area contributed by atoms with Gasteiger partial charge in [-0.25, -0.2) is 4.79 Å². The van der Waals surface area contributed by atoms with Gasteiger partial charge in [0.1, 0.15) is 5.75 Å². The van der Waals surface area contributed by atoms with Crippen LogP contribution in [0.3, 0.4) is 0 Å². The second-order valence-corrected chi connectivity index (χ2v) is 6.39. The van der Waals surface area contributed by atoms with Gasteiger partial charge in [-0.15, -0.1) is 0 Å². The lowest BCUT2D eigenvalue weighted by Gasteiger charge is -2.36. The number of carbonyl (C=O) groups excluding carboxylic acids is 1. The maximum Gasteiger partial charge on any atom is 0.322 e. The molecule has 0 unspecified atom stereocenters. The number of methoxy groups -OCH3 is 1. The van der Waals surface area contributed by atoms with Gasteiger partial charge in [0, 0.05) is 31.9 Å². The van der Waals surface area contributed by atoms with Crippen molar-refractivity contribution in [2.24, 2.45) is 0 Å². The minimum Gasteiger partial charge on any atom is -0.495 e. The fourth-order valence-corrected chi connectivity index (χ4v) is 3.25. The van der Waals surface area contributed by atoms with Gasteiger partial charge in [0.25, 0.3) is 0 Å². The average molecular weight is 339 g/mol. The lowest BCUT2D eigenvalue weighted by atomic mass is 10.1. The summed E-state index contributed by atoms with van der Waals surface area (Å²) < 4.78 is 5.29. The molecule has 0 aromatic heterocycles. The molecule has 0 atom stereocenters. The van der Waals surface area contributed by atoms with E-state index >= 15 is 0 Å². The van der Waals surface area contributed by atoms with Gasteiger partial charge in [-0.2, -0.15) is 0 Å². The first kappa shape index (κ1) is 17.1. The van der Waals surface area contributed by atoms with E-state index in [1.807, 2.05) is 29.2 Å². The molecule has 132 valence electrons. The molecule has 2 amide bonds. The van der Waals surface area contributed by atoms with Gasteiger partial charge in [-0.3, -0.25) is 0 Å². The number of piperazine rings is 1. The quantitative estimate of drug-likeness (QED) is 0.928. The molecule has 0 aliphatic carbocycles. The Balaban J connectivity index is 1.61. The molecule has 0 spiro atoms. The van der Waals surface area contributed by atoms with Gasteiger partial charge in [0.05, 0.1) is 12.8 Å². The molecule has 0 radical (unpaired) electrons. The van der Waals surface area contributed by atoms with Gasteiger partial charge in [-0.1, -0.05) is 29.8 Å². The number of para-hydroxylation sites is 2. The van der Waals surface area contributed by atoms with Crippen LogP contribution in [0.4, 0.5) is 16.2 Å². The highest BCUT2D eigenvalue weighted by Crippen LogP contribution is 2.25. The van der Waals surface area contributed by atoms with Gasteiger partial charge in [0.2, 0.25) is 0 Å². The van der Waals surface area contributed by atoms with Gasteiger partial charge in [-0.05, 0) is 37.6 Å². The third-order valence-electron chi connectivity index (χ3n) is 4.61. The van der Waals surface area contributed by atoms with Crippen molar-refractivity contribution in [2.75, 3.05) is 43.5 Å². The second-order valence-electron chi connectivity index (χ2n) is 6.39. The van der Waals surface area contributed by atoms with E-state index < -0.39 is 0 Å². The number of aryl methyl sites for hydroxylation is 2. The predicted octanol–water partition coefficient (Wildman–Crippen LogP) is 3.67. The number of benzene rings is 2. The third-order valence-corrected chi connectivity index (χ3v) is 4.61. The van der Waals surface area contributed by atoms with Crippen molar-refractivity contribution in [2.45, 2.75) is 13.8 Å². The van der Waals surface area contributed by atoms with Crippen LogP contribution in [0.2, 0.25) is 0 Å². The number of anilines is 2. The number of hydrogen-bond donors (Lipinski definition) is 1. The maximum absolute atomic E-state index is 12.5. The Labute approximate surface area is 149 Å². The highest BCUT2D eigenvalue weighted by molar-refractivity contribution is 5.91. The number of carbonyl (C=O) groups is 1. The van der Waals surface area contributed by atoms with Crippen molar-refractivity contribution in [3.8, 4) is 5.75 Å². The van der Waals surface area contributed by atoms with E-state index in [1.165, 1.54) is 16.8 Å². The molecule has 0 saturated carbocycles. The molecule has 5 heteroatoms. The van der Waals surface area contributed by atoms with E-state index in [2.05, 4.69) is 42.3 Å². The number of nitrogens with one attached hydrogen (secondary N) is 1. The van der Waals surface area contributed by atoms with Crippen molar-refractivity contribution < 1.29 is 9.53 Å². The average Bonchev–Trinajstić information content (AvgIpc) is 2.62. The summed E-state index contributed by atoms with van der Waals surface area (Å²) in [6, 6.07) is 13.9. The number of rotatable bonds is 3. The third kappa shape index (κ3) is 3.87. The van der Waals surface area contributed by atoms with Crippen LogP contribution in [0.25, 0.3) is 0 Å². The van der Waals surface area contributed by atoms with Gasteiger partial charge < -0.3 is 19.9 Å². The van der Waals surface area contributed by atoms with Crippen LogP contribution in [0.1, 0.15) is 11.1 Å². The summed E-state index contributed by atoms with van der Waals surface area (Å²) in [7, 11) is 1.60. The van der Waals surface area contributed by atoms with E-state index in [1.54, 1.807) is 7.11 Å². The van der Waals surface area contributed by atoms with Gasteiger partial charge >= 0.3 is 6.03 Å². The number of nitrogens with zero attached hydrogens (tertiary/aromatic N) is 2. The van der Waals surface area contributed by atoms with Crippen LogP contribution in [-0.2, 0) is 0 Å². The molecule has 1 fully saturated rings. The van der Waals surface area contributed by atoms with Crippen LogP contribution in [0, 0.1) is 13.8 Å². The SMILES string of the molecule is COc1ccccc1NC(=O)N1CCN(c2ccc(C)cc2C)CC1. The highest BCUT2D eigenvalue weighted by atomic mass is 16.5. The zero-order chi connectivity index (χ0) is 17.8. The Hall–Kier alpha value is -2.69. The monoisotopic (exact) mass is 339 g/mol. The molecule has 1 aliphatic heterocycles. The Morgan fingerprint density at radius 3 is 2.44 bits per heavy atom. The van der Waals surface area contributed by atoms with Crippen molar-refractivity contribution in [1.82, 2.24) is 4.90 Å². The summed E-state index contributed by atoms with van der Waals surface area (Å²) >= 11 is 0. The van der Waals surface area contributed by atoms with Crippen LogP contribution >= 0.6 is 0 Å². The highest BCUT2D eigenvalue weighted by Gasteiger charge is 2.22. The predicted molar refractivity (Wildman–Crippen MR) is 102 cm³/mol. The summed E-state index contributed by atoms with van der Waals surface area (Å²) in [5, 5.41) is 2.95. The Morgan fingerprint density at radius 1 is 1.04 bits per heavy atom. The summed E-state index contributed by atoms with van der Waals surface area (Å²) in [6.07, 6.45) is 0. The van der Waals surface area contributed by atoms with Crippen molar-refractivity contribution in [1.29, 1.82) is 0 Å². The first-order chi connectivity index (χ1) is 12.1. The van der Waals surface area contributed by atoms with E-state index in [0.29, 0.717) is 24.5 Å². The molecular weight excluding hydrogens is 314 g/mol. The number of urea groups is 1. The van der Waals surface area contributed by atoms with E-state index in [9.17, 15) is 4.79 Å². The molecule has 2 aromatic carbocycles. The smallest absolute Gasteiger partial charge is 0.322 e. The number of hydrogen-bond acceptors (Lipinski definition) is 3. The molecule has 5 nitrogen and oxygen atoms in total. The summed E-state index contributed by atoms with van der Waals surface area (Å²) in [5.41, 5.74) is 4.52. The lowest BCUT2D eigenvalue weighted by Crippen LogP contribution is -2.50. The molecule has 0 bridgehead atoms. The maximum atomic E-state index is 12.5. The molecule has 1 saturated heterocycles. The van der Waals surface area contributed by atoms with Crippen LogP contribution in [-0.4, -0.2) is 44.2 Å². The molecular formula is C20H25N3O2. The van der Waals surface area contributed by atoms with E-state index in [-0.39, 0.29) is 6.03 Å². The molecule has 1 heterocycles. The number of ether oxygens (including phenoxy) is 1. The first-order valence-electron chi connectivity index (χ1n) is 8.59. The minimum absolute atomic E-state index is 0.0789. The fraction of sp³-hybridized carbons (Fsp3) is 0.350. The first-order valence-corrected chi connectivity index (χ1v) is 8.59. The number of amides is 2. The lowest BCUT2D eigenvalue weighted by molar-refractivity contribution is 0.208. The molecule has 3 rings (SSSR count). The van der Waals surface area contributed by atoms with Crippen LogP contribution in [0.15, 0.2) is 42.5 Å².